The van der Waals surface area contributed by atoms with Crippen LogP contribution in [0.3, 0.4) is 0 Å². The summed E-state index contributed by atoms with van der Waals surface area (Å²) in [4.78, 5) is 25.1. The zero-order valence-electron chi connectivity index (χ0n) is 12.2. The highest BCUT2D eigenvalue weighted by atomic mass is 35.5. The number of urea groups is 1. The van der Waals surface area contributed by atoms with E-state index in [1.54, 1.807) is 43.1 Å². The number of thioether (sulfide) groups is 1. The molecule has 1 rings (SSSR count). The van der Waals surface area contributed by atoms with Crippen molar-refractivity contribution in [1.82, 2.24) is 10.2 Å². The number of carboxylic acids is 1. The number of carboxylic acid groups (broad SMARTS) is 1. The van der Waals surface area contributed by atoms with Gasteiger partial charge in [-0.1, -0.05) is 29.8 Å². The maximum Gasteiger partial charge on any atom is 0.331 e. The molecule has 0 saturated heterocycles. The van der Waals surface area contributed by atoms with Gasteiger partial charge < -0.3 is 15.3 Å². The number of amides is 2. The lowest BCUT2D eigenvalue weighted by atomic mass is 10.1. The average Bonchev–Trinajstić information content (AvgIpc) is 2.44. The zero-order valence-corrected chi connectivity index (χ0v) is 13.7. The van der Waals surface area contributed by atoms with Crippen molar-refractivity contribution in [2.24, 2.45) is 0 Å². The first kappa shape index (κ1) is 17.7. The number of halogens is 1. The van der Waals surface area contributed by atoms with Gasteiger partial charge in [-0.15, -0.1) is 0 Å². The smallest absolute Gasteiger partial charge is 0.331 e. The molecule has 21 heavy (non-hydrogen) atoms. The van der Waals surface area contributed by atoms with E-state index in [0.717, 1.165) is 5.75 Å². The Labute approximate surface area is 133 Å². The molecule has 0 aromatic heterocycles. The van der Waals surface area contributed by atoms with E-state index in [4.69, 9.17) is 11.6 Å². The minimum atomic E-state index is -1.17. The molecular formula is C14H19ClN2O3S. The molecule has 7 heteroatoms. The van der Waals surface area contributed by atoms with Crippen LogP contribution in [0.4, 0.5) is 4.79 Å². The molecule has 0 aliphatic carbocycles. The van der Waals surface area contributed by atoms with Crippen LogP contribution >= 0.6 is 23.4 Å². The third-order valence-electron chi connectivity index (χ3n) is 3.12. The quantitative estimate of drug-likeness (QED) is 0.841. The van der Waals surface area contributed by atoms with Crippen molar-refractivity contribution in [3.8, 4) is 0 Å². The van der Waals surface area contributed by atoms with Gasteiger partial charge in [-0.05, 0) is 19.2 Å². The Kier molecular flexibility index (Phi) is 6.84. The van der Waals surface area contributed by atoms with Crippen LogP contribution in [0.25, 0.3) is 0 Å². The van der Waals surface area contributed by atoms with E-state index in [1.807, 2.05) is 13.2 Å². The molecule has 0 aliphatic heterocycles. The van der Waals surface area contributed by atoms with E-state index < -0.39 is 18.0 Å². The summed E-state index contributed by atoms with van der Waals surface area (Å²) in [6.45, 7) is 1.90. The SMILES string of the molecule is CSCC(C)N(C)C(=O)N[C@@H](C(=O)O)c1ccccc1Cl. The van der Waals surface area contributed by atoms with Crippen LogP contribution in [-0.2, 0) is 4.79 Å². The van der Waals surface area contributed by atoms with Gasteiger partial charge in [0.25, 0.3) is 0 Å². The topological polar surface area (TPSA) is 69.6 Å². The Hall–Kier alpha value is -1.40. The summed E-state index contributed by atoms with van der Waals surface area (Å²) in [5.41, 5.74) is 0.367. The molecule has 2 atom stereocenters. The van der Waals surface area contributed by atoms with Crippen molar-refractivity contribution in [3.63, 3.8) is 0 Å². The predicted octanol–water partition coefficient (Wildman–Crippen LogP) is 2.86. The zero-order chi connectivity index (χ0) is 16.0. The monoisotopic (exact) mass is 330 g/mol. The molecule has 1 aromatic carbocycles. The van der Waals surface area contributed by atoms with Gasteiger partial charge >= 0.3 is 12.0 Å². The summed E-state index contributed by atoms with van der Waals surface area (Å²) in [7, 11) is 1.64. The highest BCUT2D eigenvalue weighted by molar-refractivity contribution is 7.98. The first-order valence-electron chi connectivity index (χ1n) is 6.38. The molecule has 0 aliphatic rings. The third-order valence-corrected chi connectivity index (χ3v) is 4.28. The van der Waals surface area contributed by atoms with Gasteiger partial charge in [-0.25, -0.2) is 9.59 Å². The summed E-state index contributed by atoms with van der Waals surface area (Å²) in [6, 6.07) is 4.97. The fraction of sp³-hybridized carbons (Fsp3) is 0.429. The van der Waals surface area contributed by atoms with Gasteiger partial charge in [-0.2, -0.15) is 11.8 Å². The second-order valence-corrected chi connectivity index (χ2v) is 5.98. The molecule has 0 bridgehead atoms. The van der Waals surface area contributed by atoms with Crippen molar-refractivity contribution in [3.05, 3.63) is 34.9 Å². The minimum Gasteiger partial charge on any atom is -0.479 e. The summed E-state index contributed by atoms with van der Waals surface area (Å²) in [5, 5.41) is 12.1. The molecule has 2 amide bonds. The molecule has 0 spiro atoms. The fourth-order valence-corrected chi connectivity index (χ4v) is 2.71. The van der Waals surface area contributed by atoms with Gasteiger partial charge in [0.15, 0.2) is 6.04 Å². The lowest BCUT2D eigenvalue weighted by molar-refractivity contribution is -0.139. The van der Waals surface area contributed by atoms with Crippen LogP contribution in [0.2, 0.25) is 5.02 Å². The molecule has 0 radical (unpaired) electrons. The molecule has 0 fully saturated rings. The standard InChI is InChI=1S/C14H19ClN2O3S/c1-9(8-21-3)17(2)14(20)16-12(13(18)19)10-6-4-5-7-11(10)15/h4-7,9,12H,8H2,1-3H3,(H,16,20)(H,18,19)/t9?,12-/m1/s1. The van der Waals surface area contributed by atoms with Gasteiger partial charge in [0.1, 0.15) is 0 Å². The van der Waals surface area contributed by atoms with Gasteiger partial charge in [0, 0.05) is 29.4 Å². The first-order chi connectivity index (χ1) is 9.88. The maximum absolute atomic E-state index is 12.2. The van der Waals surface area contributed by atoms with Gasteiger partial charge in [0.2, 0.25) is 0 Å². The Morgan fingerprint density at radius 2 is 2.05 bits per heavy atom. The number of nitrogens with one attached hydrogen (secondary N) is 1. The number of carbonyl (C=O) groups is 2. The molecule has 0 heterocycles. The third kappa shape index (κ3) is 4.82. The number of benzene rings is 1. The molecule has 1 aromatic rings. The summed E-state index contributed by atoms with van der Waals surface area (Å²) < 4.78 is 0. The van der Waals surface area contributed by atoms with Crippen LogP contribution in [0.1, 0.15) is 18.5 Å². The molecule has 2 N–H and O–H groups in total. The highest BCUT2D eigenvalue weighted by Gasteiger charge is 2.26. The normalized spacial score (nSPS) is 13.3. The first-order valence-corrected chi connectivity index (χ1v) is 8.15. The Bertz CT molecular complexity index is 513. The Morgan fingerprint density at radius 3 is 2.57 bits per heavy atom. The van der Waals surface area contributed by atoms with Crippen molar-refractivity contribution >= 4 is 35.4 Å². The number of rotatable bonds is 6. The maximum atomic E-state index is 12.2. The molecular weight excluding hydrogens is 312 g/mol. The van der Waals surface area contributed by atoms with Crippen molar-refractivity contribution in [2.75, 3.05) is 19.1 Å². The molecule has 116 valence electrons. The number of hydrogen-bond acceptors (Lipinski definition) is 3. The average molecular weight is 331 g/mol. The van der Waals surface area contributed by atoms with Crippen LogP contribution in [0, 0.1) is 0 Å². The predicted molar refractivity (Wildman–Crippen MR) is 86.0 cm³/mol. The lowest BCUT2D eigenvalue weighted by Crippen LogP contribution is -2.46. The van der Waals surface area contributed by atoms with E-state index in [2.05, 4.69) is 5.32 Å². The number of carbonyl (C=O) groups excluding carboxylic acids is 1. The van der Waals surface area contributed by atoms with Crippen LogP contribution in [0.15, 0.2) is 24.3 Å². The van der Waals surface area contributed by atoms with Crippen LogP contribution in [-0.4, -0.2) is 47.1 Å². The van der Waals surface area contributed by atoms with Crippen molar-refractivity contribution in [2.45, 2.75) is 19.0 Å². The summed E-state index contributed by atoms with van der Waals surface area (Å²) in [5.74, 6) is -0.379. The Morgan fingerprint density at radius 1 is 1.43 bits per heavy atom. The second kappa shape index (κ2) is 8.14. The van der Waals surface area contributed by atoms with Crippen LogP contribution < -0.4 is 5.32 Å². The molecule has 1 unspecified atom stereocenters. The molecule has 0 saturated carbocycles. The molecule has 5 nitrogen and oxygen atoms in total. The van der Waals surface area contributed by atoms with E-state index in [9.17, 15) is 14.7 Å². The summed E-state index contributed by atoms with van der Waals surface area (Å²) >= 11 is 7.63. The van der Waals surface area contributed by atoms with E-state index in [-0.39, 0.29) is 6.04 Å². The van der Waals surface area contributed by atoms with E-state index >= 15 is 0 Å². The van der Waals surface area contributed by atoms with Gasteiger partial charge in [0.05, 0.1) is 0 Å². The van der Waals surface area contributed by atoms with E-state index in [0.29, 0.717) is 10.6 Å². The van der Waals surface area contributed by atoms with E-state index in [1.165, 1.54) is 4.90 Å². The highest BCUT2D eigenvalue weighted by Crippen LogP contribution is 2.23. The number of hydrogen-bond donors (Lipinski definition) is 2. The minimum absolute atomic E-state index is 0.000639. The number of nitrogens with zero attached hydrogens (tertiary/aromatic N) is 1. The second-order valence-electron chi connectivity index (χ2n) is 4.66. The van der Waals surface area contributed by atoms with Crippen molar-refractivity contribution < 1.29 is 14.7 Å². The van der Waals surface area contributed by atoms with Crippen molar-refractivity contribution in [1.29, 1.82) is 0 Å². The number of aliphatic carboxylic acids is 1. The lowest BCUT2D eigenvalue weighted by Gasteiger charge is -2.26. The summed E-state index contributed by atoms with van der Waals surface area (Å²) in [6.07, 6.45) is 1.95. The Balaban J connectivity index is 2.87. The fourth-order valence-electron chi connectivity index (χ4n) is 1.76. The van der Waals surface area contributed by atoms with Gasteiger partial charge in [-0.3, -0.25) is 0 Å². The largest absolute Gasteiger partial charge is 0.479 e. The van der Waals surface area contributed by atoms with Crippen LogP contribution in [0.5, 0.6) is 0 Å².